The topological polar surface area (TPSA) is 48.4 Å². The smallest absolute Gasteiger partial charge is 0.198 e. The summed E-state index contributed by atoms with van der Waals surface area (Å²) in [6.45, 7) is 6.16. The van der Waals surface area contributed by atoms with Crippen molar-refractivity contribution in [2.45, 2.75) is 20.8 Å². The van der Waals surface area contributed by atoms with E-state index in [-0.39, 0.29) is 5.88 Å². The molecule has 0 aliphatic carbocycles. The molecule has 3 nitrogen and oxygen atoms in total. The van der Waals surface area contributed by atoms with Gasteiger partial charge in [0.15, 0.2) is 5.88 Å². The number of benzene rings is 2. The second-order valence-electron chi connectivity index (χ2n) is 5.58. The second kappa shape index (κ2) is 5.50. The van der Waals surface area contributed by atoms with Gasteiger partial charge >= 0.3 is 0 Å². The lowest BCUT2D eigenvalue weighted by atomic mass is 10.1. The molecule has 0 spiro atoms. The maximum absolute atomic E-state index is 10.1. The molecule has 1 heterocycles. The molecular formula is C18H17ClN2O. The third kappa shape index (κ3) is 2.60. The van der Waals surface area contributed by atoms with Gasteiger partial charge in [-0.15, -0.1) is 0 Å². The van der Waals surface area contributed by atoms with Gasteiger partial charge in [-0.3, -0.25) is 4.99 Å². The molecule has 3 aromatic rings. The maximum atomic E-state index is 10.1. The first-order valence-electron chi connectivity index (χ1n) is 7.08. The van der Waals surface area contributed by atoms with Gasteiger partial charge in [0.05, 0.1) is 16.8 Å². The van der Waals surface area contributed by atoms with Gasteiger partial charge in [0.25, 0.3) is 0 Å². The average Bonchev–Trinajstić information content (AvgIpc) is 2.72. The van der Waals surface area contributed by atoms with E-state index in [9.17, 15) is 5.11 Å². The van der Waals surface area contributed by atoms with E-state index in [1.54, 1.807) is 18.3 Å². The van der Waals surface area contributed by atoms with E-state index in [0.29, 0.717) is 10.6 Å². The molecule has 0 unspecified atom stereocenters. The van der Waals surface area contributed by atoms with Crippen LogP contribution in [0.4, 0.5) is 5.69 Å². The third-order valence-electron chi connectivity index (χ3n) is 3.74. The highest BCUT2D eigenvalue weighted by Gasteiger charge is 2.09. The van der Waals surface area contributed by atoms with E-state index in [4.69, 9.17) is 11.6 Å². The van der Waals surface area contributed by atoms with Crippen LogP contribution in [-0.4, -0.2) is 16.3 Å². The fourth-order valence-electron chi connectivity index (χ4n) is 2.81. The number of nitrogens with one attached hydrogen (secondary N) is 1. The Bertz CT molecular complexity index is 870. The Hall–Kier alpha value is -2.26. The Morgan fingerprint density at radius 3 is 2.45 bits per heavy atom. The van der Waals surface area contributed by atoms with Crippen LogP contribution in [0.1, 0.15) is 22.3 Å². The van der Waals surface area contributed by atoms with Gasteiger partial charge in [-0.25, -0.2) is 0 Å². The minimum Gasteiger partial charge on any atom is -0.494 e. The third-order valence-corrected chi connectivity index (χ3v) is 3.97. The number of aromatic hydroxyl groups is 1. The predicted octanol–water partition coefficient (Wildman–Crippen LogP) is 5.20. The number of aliphatic imine (C=N–C) groups is 1. The standard InChI is InChI=1S/C18H17ClN2O/c1-10-6-11(2)17(12(3)7-10)20-9-15-14-5-4-13(19)8-16(14)21-18(15)22/h4-9,21-22H,1-3H3. The monoisotopic (exact) mass is 312 g/mol. The van der Waals surface area contributed by atoms with E-state index in [2.05, 4.69) is 29.0 Å². The van der Waals surface area contributed by atoms with Crippen LogP contribution in [0.5, 0.6) is 5.88 Å². The average molecular weight is 313 g/mol. The van der Waals surface area contributed by atoms with E-state index in [1.165, 1.54) is 5.56 Å². The summed E-state index contributed by atoms with van der Waals surface area (Å²) >= 11 is 5.97. The predicted molar refractivity (Wildman–Crippen MR) is 92.9 cm³/mol. The molecule has 22 heavy (non-hydrogen) atoms. The first kappa shape index (κ1) is 14.7. The van der Waals surface area contributed by atoms with E-state index < -0.39 is 0 Å². The molecule has 2 N–H and O–H groups in total. The molecule has 1 aromatic heterocycles. The molecule has 0 amide bonds. The highest BCUT2D eigenvalue weighted by molar-refractivity contribution is 6.31. The number of aryl methyl sites for hydroxylation is 3. The summed E-state index contributed by atoms with van der Waals surface area (Å²) in [6, 6.07) is 9.68. The second-order valence-corrected chi connectivity index (χ2v) is 6.02. The number of hydrogen-bond acceptors (Lipinski definition) is 2. The van der Waals surface area contributed by atoms with Crippen LogP contribution >= 0.6 is 11.6 Å². The van der Waals surface area contributed by atoms with Gasteiger partial charge in [0.1, 0.15) is 0 Å². The zero-order valence-electron chi connectivity index (χ0n) is 12.7. The molecule has 0 saturated carbocycles. The molecule has 0 fully saturated rings. The molecular weight excluding hydrogens is 296 g/mol. The van der Waals surface area contributed by atoms with Crippen molar-refractivity contribution in [3.63, 3.8) is 0 Å². The number of fused-ring (bicyclic) bond motifs is 1. The van der Waals surface area contributed by atoms with Gasteiger partial charge in [-0.05, 0) is 44.0 Å². The van der Waals surface area contributed by atoms with E-state index in [0.717, 1.165) is 27.7 Å². The quantitative estimate of drug-likeness (QED) is 0.627. The lowest BCUT2D eigenvalue weighted by Gasteiger charge is -2.06. The van der Waals surface area contributed by atoms with E-state index >= 15 is 0 Å². The van der Waals surface area contributed by atoms with Crippen LogP contribution in [-0.2, 0) is 0 Å². The molecule has 0 radical (unpaired) electrons. The van der Waals surface area contributed by atoms with Crippen LogP contribution in [0.2, 0.25) is 5.02 Å². The molecule has 4 heteroatoms. The van der Waals surface area contributed by atoms with Crippen molar-refractivity contribution in [3.8, 4) is 5.88 Å². The van der Waals surface area contributed by atoms with Crippen LogP contribution in [0.3, 0.4) is 0 Å². The fourth-order valence-corrected chi connectivity index (χ4v) is 2.99. The van der Waals surface area contributed by atoms with Crippen molar-refractivity contribution in [2.75, 3.05) is 0 Å². The lowest BCUT2D eigenvalue weighted by Crippen LogP contribution is -1.85. The van der Waals surface area contributed by atoms with Gasteiger partial charge in [-0.2, -0.15) is 0 Å². The molecule has 0 aliphatic heterocycles. The number of halogens is 1. The molecule has 112 valence electrons. The van der Waals surface area contributed by atoms with Crippen LogP contribution in [0.25, 0.3) is 10.9 Å². The van der Waals surface area contributed by atoms with Crippen molar-refractivity contribution in [2.24, 2.45) is 4.99 Å². The molecule has 0 saturated heterocycles. The number of hydrogen-bond donors (Lipinski definition) is 2. The first-order valence-corrected chi connectivity index (χ1v) is 7.45. The van der Waals surface area contributed by atoms with Gasteiger partial charge in [0.2, 0.25) is 0 Å². The molecule has 0 aliphatic rings. The normalized spacial score (nSPS) is 11.6. The lowest BCUT2D eigenvalue weighted by molar-refractivity contribution is 0.457. The molecule has 0 atom stereocenters. The Balaban J connectivity index is 2.09. The molecule has 3 rings (SSSR count). The number of nitrogens with zero attached hydrogens (tertiary/aromatic N) is 1. The Kier molecular flexibility index (Phi) is 3.67. The fraction of sp³-hybridized carbons (Fsp3) is 0.167. The molecule has 0 bridgehead atoms. The van der Waals surface area contributed by atoms with Crippen LogP contribution < -0.4 is 0 Å². The Morgan fingerprint density at radius 1 is 1.09 bits per heavy atom. The largest absolute Gasteiger partial charge is 0.494 e. The molecule has 2 aromatic carbocycles. The summed E-state index contributed by atoms with van der Waals surface area (Å²) in [5.41, 5.74) is 5.87. The number of aromatic nitrogens is 1. The summed E-state index contributed by atoms with van der Waals surface area (Å²) in [6.07, 6.45) is 1.70. The van der Waals surface area contributed by atoms with Crippen LogP contribution in [0, 0.1) is 20.8 Å². The number of H-pyrrole nitrogens is 1. The van der Waals surface area contributed by atoms with Crippen molar-refractivity contribution in [3.05, 3.63) is 57.6 Å². The summed E-state index contributed by atoms with van der Waals surface area (Å²) in [4.78, 5) is 7.51. The minimum absolute atomic E-state index is 0.100. The summed E-state index contributed by atoms with van der Waals surface area (Å²) in [5, 5.41) is 11.6. The Labute approximate surface area is 134 Å². The SMILES string of the molecule is Cc1cc(C)c(N=Cc2c(O)[nH]c3cc(Cl)ccc23)c(C)c1. The summed E-state index contributed by atoms with van der Waals surface area (Å²) < 4.78 is 0. The van der Waals surface area contributed by atoms with Crippen LogP contribution in [0.15, 0.2) is 35.3 Å². The van der Waals surface area contributed by atoms with Gasteiger partial charge < -0.3 is 10.1 Å². The summed E-state index contributed by atoms with van der Waals surface area (Å²) in [7, 11) is 0. The van der Waals surface area contributed by atoms with Crippen molar-refractivity contribution < 1.29 is 5.11 Å². The van der Waals surface area contributed by atoms with Gasteiger partial charge in [-0.1, -0.05) is 35.4 Å². The van der Waals surface area contributed by atoms with Crippen molar-refractivity contribution in [1.82, 2.24) is 4.98 Å². The summed E-state index contributed by atoms with van der Waals surface area (Å²) in [5.74, 6) is 0.100. The number of aromatic amines is 1. The minimum atomic E-state index is 0.100. The zero-order chi connectivity index (χ0) is 15.9. The highest BCUT2D eigenvalue weighted by atomic mass is 35.5. The maximum Gasteiger partial charge on any atom is 0.198 e. The van der Waals surface area contributed by atoms with Gasteiger partial charge in [0, 0.05) is 16.6 Å². The van der Waals surface area contributed by atoms with Crippen molar-refractivity contribution >= 4 is 34.4 Å². The van der Waals surface area contributed by atoms with Crippen molar-refractivity contribution in [1.29, 1.82) is 0 Å². The first-order chi connectivity index (χ1) is 10.5. The number of rotatable bonds is 2. The Morgan fingerprint density at radius 2 is 1.77 bits per heavy atom. The van der Waals surface area contributed by atoms with E-state index in [1.807, 2.05) is 19.9 Å². The zero-order valence-corrected chi connectivity index (χ0v) is 13.5. The highest BCUT2D eigenvalue weighted by Crippen LogP contribution is 2.30.